The summed E-state index contributed by atoms with van der Waals surface area (Å²) in [4.78, 5) is 4.29. The number of halogens is 2. The van der Waals surface area contributed by atoms with Crippen LogP contribution >= 0.6 is 15.9 Å². The Labute approximate surface area is 114 Å². The maximum atomic E-state index is 13.0. The Bertz CT molecular complexity index is 516. The van der Waals surface area contributed by atoms with E-state index in [0.29, 0.717) is 6.54 Å². The van der Waals surface area contributed by atoms with Gasteiger partial charge in [-0.15, -0.1) is 0 Å². The third-order valence-electron chi connectivity index (χ3n) is 2.75. The SMILES string of the molecule is C[C@@H](NCc1ccc(F)cc1Br)c1ccccn1. The summed E-state index contributed by atoms with van der Waals surface area (Å²) in [5, 5.41) is 3.36. The van der Waals surface area contributed by atoms with Crippen molar-refractivity contribution in [1.82, 2.24) is 10.3 Å². The van der Waals surface area contributed by atoms with Gasteiger partial charge in [0.2, 0.25) is 0 Å². The first kappa shape index (κ1) is 13.2. The van der Waals surface area contributed by atoms with Crippen molar-refractivity contribution in [1.29, 1.82) is 0 Å². The lowest BCUT2D eigenvalue weighted by atomic mass is 10.2. The zero-order valence-electron chi connectivity index (χ0n) is 10.0. The highest BCUT2D eigenvalue weighted by Crippen LogP contribution is 2.19. The van der Waals surface area contributed by atoms with E-state index in [2.05, 4.69) is 33.2 Å². The lowest BCUT2D eigenvalue weighted by molar-refractivity contribution is 0.559. The minimum Gasteiger partial charge on any atom is -0.305 e. The lowest BCUT2D eigenvalue weighted by Crippen LogP contribution is -2.19. The normalized spacial score (nSPS) is 12.4. The Morgan fingerprint density at radius 1 is 1.33 bits per heavy atom. The molecule has 1 aromatic carbocycles. The first-order chi connectivity index (χ1) is 8.66. The summed E-state index contributed by atoms with van der Waals surface area (Å²) in [6, 6.07) is 10.7. The van der Waals surface area contributed by atoms with Gasteiger partial charge < -0.3 is 5.32 Å². The van der Waals surface area contributed by atoms with Crippen LogP contribution in [-0.2, 0) is 6.54 Å². The van der Waals surface area contributed by atoms with Crippen LogP contribution in [0.25, 0.3) is 0 Å². The van der Waals surface area contributed by atoms with Gasteiger partial charge in [-0.2, -0.15) is 0 Å². The fraction of sp³-hybridized carbons (Fsp3) is 0.214. The summed E-state index contributed by atoms with van der Waals surface area (Å²) in [5.41, 5.74) is 2.02. The van der Waals surface area contributed by atoms with Crippen molar-refractivity contribution < 1.29 is 4.39 Å². The lowest BCUT2D eigenvalue weighted by Gasteiger charge is -2.14. The Hall–Kier alpha value is -1.26. The van der Waals surface area contributed by atoms with Gasteiger partial charge in [0.05, 0.1) is 5.69 Å². The predicted octanol–water partition coefficient (Wildman–Crippen LogP) is 3.83. The van der Waals surface area contributed by atoms with Crippen molar-refractivity contribution >= 4 is 15.9 Å². The maximum absolute atomic E-state index is 13.0. The second-order valence-corrected chi connectivity index (χ2v) is 4.95. The maximum Gasteiger partial charge on any atom is 0.124 e. The predicted molar refractivity (Wildman–Crippen MR) is 73.6 cm³/mol. The van der Waals surface area contributed by atoms with Crippen LogP contribution in [0.2, 0.25) is 0 Å². The fourth-order valence-corrected chi connectivity index (χ4v) is 2.16. The molecule has 1 N–H and O–H groups in total. The van der Waals surface area contributed by atoms with Crippen molar-refractivity contribution in [2.24, 2.45) is 0 Å². The van der Waals surface area contributed by atoms with Gasteiger partial charge in [-0.3, -0.25) is 4.98 Å². The van der Waals surface area contributed by atoms with Crippen molar-refractivity contribution in [2.75, 3.05) is 0 Å². The standard InChI is InChI=1S/C14H14BrFN2/c1-10(14-4-2-3-7-17-14)18-9-11-5-6-12(16)8-13(11)15/h2-8,10,18H,9H2,1H3/t10-/m1/s1. The molecule has 0 radical (unpaired) electrons. The second-order valence-electron chi connectivity index (χ2n) is 4.09. The van der Waals surface area contributed by atoms with Gasteiger partial charge in [0.1, 0.15) is 5.82 Å². The molecule has 2 aromatic rings. The van der Waals surface area contributed by atoms with Crippen LogP contribution < -0.4 is 5.32 Å². The van der Waals surface area contributed by atoms with Crippen molar-refractivity contribution in [3.05, 3.63) is 64.1 Å². The summed E-state index contributed by atoms with van der Waals surface area (Å²) in [7, 11) is 0. The van der Waals surface area contributed by atoms with E-state index >= 15 is 0 Å². The molecule has 2 nitrogen and oxygen atoms in total. The Balaban J connectivity index is 1.99. The molecule has 94 valence electrons. The molecule has 0 unspecified atom stereocenters. The molecule has 0 saturated carbocycles. The number of hydrogen-bond donors (Lipinski definition) is 1. The zero-order chi connectivity index (χ0) is 13.0. The molecule has 0 aliphatic heterocycles. The number of aromatic nitrogens is 1. The van der Waals surface area contributed by atoms with Crippen molar-refractivity contribution in [3.63, 3.8) is 0 Å². The van der Waals surface area contributed by atoms with E-state index in [0.717, 1.165) is 15.7 Å². The number of nitrogens with zero attached hydrogens (tertiary/aromatic N) is 1. The number of hydrogen-bond acceptors (Lipinski definition) is 2. The monoisotopic (exact) mass is 308 g/mol. The molecule has 1 aromatic heterocycles. The summed E-state index contributed by atoms with van der Waals surface area (Å²) in [5.74, 6) is -0.233. The molecule has 0 aliphatic rings. The van der Waals surface area contributed by atoms with Crippen molar-refractivity contribution in [2.45, 2.75) is 19.5 Å². The zero-order valence-corrected chi connectivity index (χ0v) is 11.6. The Morgan fingerprint density at radius 2 is 2.17 bits per heavy atom. The second kappa shape index (κ2) is 6.07. The van der Waals surface area contributed by atoms with E-state index in [9.17, 15) is 4.39 Å². The van der Waals surface area contributed by atoms with Crippen LogP contribution in [0, 0.1) is 5.82 Å². The van der Waals surface area contributed by atoms with Crippen molar-refractivity contribution in [3.8, 4) is 0 Å². The van der Waals surface area contributed by atoms with Crippen LogP contribution in [-0.4, -0.2) is 4.98 Å². The Kier molecular flexibility index (Phi) is 4.44. The van der Waals surface area contributed by atoms with Crippen LogP contribution in [0.3, 0.4) is 0 Å². The minimum atomic E-state index is -0.233. The summed E-state index contributed by atoms with van der Waals surface area (Å²) >= 11 is 3.36. The average Bonchev–Trinajstić information content (AvgIpc) is 2.38. The quantitative estimate of drug-likeness (QED) is 0.928. The van der Waals surface area contributed by atoms with E-state index in [4.69, 9.17) is 0 Å². The number of pyridine rings is 1. The van der Waals surface area contributed by atoms with Gasteiger partial charge in [0.25, 0.3) is 0 Å². The third kappa shape index (κ3) is 3.37. The molecule has 1 atom stereocenters. The molecule has 18 heavy (non-hydrogen) atoms. The molecular weight excluding hydrogens is 295 g/mol. The molecule has 0 spiro atoms. The largest absolute Gasteiger partial charge is 0.305 e. The van der Waals surface area contributed by atoms with Gasteiger partial charge in [0.15, 0.2) is 0 Å². The highest BCUT2D eigenvalue weighted by atomic mass is 79.9. The van der Waals surface area contributed by atoms with E-state index in [1.807, 2.05) is 18.2 Å². The smallest absolute Gasteiger partial charge is 0.124 e. The minimum absolute atomic E-state index is 0.156. The number of benzene rings is 1. The van der Waals surface area contributed by atoms with E-state index in [-0.39, 0.29) is 11.9 Å². The number of rotatable bonds is 4. The van der Waals surface area contributed by atoms with Crippen LogP contribution in [0.5, 0.6) is 0 Å². The highest BCUT2D eigenvalue weighted by Gasteiger charge is 2.07. The first-order valence-corrected chi connectivity index (χ1v) is 6.54. The molecule has 0 bridgehead atoms. The van der Waals surface area contributed by atoms with Gasteiger partial charge in [-0.1, -0.05) is 28.1 Å². The first-order valence-electron chi connectivity index (χ1n) is 5.75. The summed E-state index contributed by atoms with van der Waals surface area (Å²) < 4.78 is 13.7. The summed E-state index contributed by atoms with van der Waals surface area (Å²) in [6.45, 7) is 2.72. The molecule has 0 aliphatic carbocycles. The number of nitrogens with one attached hydrogen (secondary N) is 1. The Morgan fingerprint density at radius 3 is 2.83 bits per heavy atom. The van der Waals surface area contributed by atoms with Gasteiger partial charge >= 0.3 is 0 Å². The average molecular weight is 309 g/mol. The molecule has 0 saturated heterocycles. The molecule has 0 fully saturated rings. The molecular formula is C14H14BrFN2. The van der Waals surface area contributed by atoms with Gasteiger partial charge in [-0.05, 0) is 36.8 Å². The topological polar surface area (TPSA) is 24.9 Å². The fourth-order valence-electron chi connectivity index (χ4n) is 1.66. The molecule has 2 rings (SSSR count). The van der Waals surface area contributed by atoms with Gasteiger partial charge in [-0.25, -0.2) is 4.39 Å². The van der Waals surface area contributed by atoms with E-state index in [1.165, 1.54) is 12.1 Å². The van der Waals surface area contributed by atoms with Crippen LogP contribution in [0.1, 0.15) is 24.2 Å². The molecule has 1 heterocycles. The van der Waals surface area contributed by atoms with Crippen LogP contribution in [0.4, 0.5) is 4.39 Å². The molecule has 0 amide bonds. The third-order valence-corrected chi connectivity index (χ3v) is 3.48. The van der Waals surface area contributed by atoms with E-state index in [1.54, 1.807) is 12.3 Å². The van der Waals surface area contributed by atoms with Gasteiger partial charge in [0, 0.05) is 23.3 Å². The molecule has 4 heteroatoms. The van der Waals surface area contributed by atoms with Crippen LogP contribution in [0.15, 0.2) is 47.1 Å². The van der Waals surface area contributed by atoms with E-state index < -0.39 is 0 Å². The highest BCUT2D eigenvalue weighted by molar-refractivity contribution is 9.10. The summed E-state index contributed by atoms with van der Waals surface area (Å²) in [6.07, 6.45) is 1.78.